The van der Waals surface area contributed by atoms with Crippen LogP contribution in [-0.2, 0) is 6.42 Å². The molecule has 3 heteroatoms. The van der Waals surface area contributed by atoms with Crippen molar-refractivity contribution in [2.75, 3.05) is 13.1 Å². The van der Waals surface area contributed by atoms with Crippen LogP contribution in [0, 0.1) is 11.3 Å². The second kappa shape index (κ2) is 3.64. The summed E-state index contributed by atoms with van der Waals surface area (Å²) in [4.78, 5) is 6.42. The number of piperidine rings is 1. The number of nitrogens with zero attached hydrogens (tertiary/aromatic N) is 1. The topological polar surface area (TPSA) is 39.3 Å². The number of nitrogens with one attached hydrogen (secondary N) is 1. The van der Waals surface area contributed by atoms with Gasteiger partial charge in [-0.3, -0.25) is 4.90 Å². The maximum Gasteiger partial charge on any atom is 0.116 e. The zero-order chi connectivity index (χ0) is 14.4. The highest BCUT2D eigenvalue weighted by molar-refractivity contribution is 5.86. The molecular weight excluding hydrogens is 260 g/mol. The molecule has 1 aromatic carbocycles. The summed E-state index contributed by atoms with van der Waals surface area (Å²) < 4.78 is 0. The van der Waals surface area contributed by atoms with E-state index in [1.165, 1.54) is 35.1 Å². The van der Waals surface area contributed by atoms with E-state index in [1.54, 1.807) is 6.07 Å². The first-order valence-corrected chi connectivity index (χ1v) is 8.13. The van der Waals surface area contributed by atoms with E-state index >= 15 is 0 Å². The number of rotatable bonds is 0. The minimum absolute atomic E-state index is 0.376. The smallest absolute Gasteiger partial charge is 0.116 e. The third kappa shape index (κ3) is 1.38. The summed E-state index contributed by atoms with van der Waals surface area (Å²) in [5.74, 6) is 1.85. The molecule has 2 aliphatic heterocycles. The van der Waals surface area contributed by atoms with E-state index in [-0.39, 0.29) is 0 Å². The summed E-state index contributed by atoms with van der Waals surface area (Å²) in [6, 6.07) is 6.43. The first-order chi connectivity index (χ1) is 10.1. The lowest BCUT2D eigenvalue weighted by atomic mass is 9.82. The SMILES string of the molecule is CC1(C)[C@@H]2CC3c4[nH]c5ccc(O)cc5c4CCN(C2)[C@H]31. The number of aromatic hydroxyl groups is 1. The van der Waals surface area contributed by atoms with E-state index < -0.39 is 0 Å². The van der Waals surface area contributed by atoms with Crippen LogP contribution in [-0.4, -0.2) is 34.1 Å². The van der Waals surface area contributed by atoms with Crippen LogP contribution in [0.2, 0.25) is 0 Å². The quantitative estimate of drug-likeness (QED) is 0.778. The van der Waals surface area contributed by atoms with Gasteiger partial charge in [-0.25, -0.2) is 0 Å². The minimum Gasteiger partial charge on any atom is -0.508 e. The van der Waals surface area contributed by atoms with Gasteiger partial charge in [-0.1, -0.05) is 13.8 Å². The van der Waals surface area contributed by atoms with Crippen molar-refractivity contribution in [1.29, 1.82) is 0 Å². The number of H-pyrrole nitrogens is 1. The number of benzene rings is 1. The average Bonchev–Trinajstić information content (AvgIpc) is 2.98. The first-order valence-electron chi connectivity index (χ1n) is 8.13. The fraction of sp³-hybridized carbons (Fsp3) is 0.556. The van der Waals surface area contributed by atoms with Crippen molar-refractivity contribution in [3.8, 4) is 5.75 Å². The van der Waals surface area contributed by atoms with Gasteiger partial charge >= 0.3 is 0 Å². The summed E-state index contributed by atoms with van der Waals surface area (Å²) in [6.45, 7) is 7.36. The molecular formula is C18H22N2O. The fourth-order valence-electron chi connectivity index (χ4n) is 5.53. The van der Waals surface area contributed by atoms with Gasteiger partial charge in [-0.05, 0) is 47.9 Å². The van der Waals surface area contributed by atoms with Gasteiger partial charge in [0.2, 0.25) is 0 Å². The molecule has 2 fully saturated rings. The van der Waals surface area contributed by atoms with Gasteiger partial charge in [0.15, 0.2) is 0 Å². The van der Waals surface area contributed by atoms with Gasteiger partial charge in [0.1, 0.15) is 5.75 Å². The molecule has 1 saturated heterocycles. The number of hydrogen-bond donors (Lipinski definition) is 2. The molecule has 2 aromatic rings. The van der Waals surface area contributed by atoms with E-state index in [0.29, 0.717) is 23.1 Å². The van der Waals surface area contributed by atoms with Crippen LogP contribution in [0.25, 0.3) is 10.9 Å². The molecule has 0 amide bonds. The third-order valence-electron chi connectivity index (χ3n) is 6.52. The van der Waals surface area contributed by atoms with Crippen LogP contribution >= 0.6 is 0 Å². The molecule has 110 valence electrons. The van der Waals surface area contributed by atoms with Crippen molar-refractivity contribution in [2.24, 2.45) is 11.3 Å². The van der Waals surface area contributed by atoms with Crippen molar-refractivity contribution in [3.05, 3.63) is 29.5 Å². The Morgan fingerprint density at radius 3 is 3.00 bits per heavy atom. The molecule has 2 bridgehead atoms. The van der Waals surface area contributed by atoms with Gasteiger partial charge in [-0.15, -0.1) is 0 Å². The molecule has 1 aliphatic carbocycles. The Bertz CT molecular complexity index is 745. The predicted molar refractivity (Wildman–Crippen MR) is 83.7 cm³/mol. The molecule has 0 spiro atoms. The Labute approximate surface area is 125 Å². The van der Waals surface area contributed by atoms with E-state index in [4.69, 9.17) is 0 Å². The summed E-state index contributed by atoms with van der Waals surface area (Å²) >= 11 is 0. The number of phenolic OH excluding ortho intramolecular Hbond substituents is 1. The van der Waals surface area contributed by atoms with Crippen molar-refractivity contribution < 1.29 is 5.11 Å². The van der Waals surface area contributed by atoms with Crippen molar-refractivity contribution >= 4 is 10.9 Å². The Morgan fingerprint density at radius 2 is 2.19 bits per heavy atom. The summed E-state index contributed by atoms with van der Waals surface area (Å²) in [6.07, 6.45) is 2.43. The molecule has 3 nitrogen and oxygen atoms in total. The number of fused-ring (bicyclic) bond motifs is 5. The second-order valence-electron chi connectivity index (χ2n) is 7.80. The normalized spacial score (nSPS) is 33.3. The van der Waals surface area contributed by atoms with Crippen LogP contribution < -0.4 is 0 Å². The molecule has 1 aromatic heterocycles. The molecule has 1 saturated carbocycles. The van der Waals surface area contributed by atoms with Crippen molar-refractivity contribution in [3.63, 3.8) is 0 Å². The van der Waals surface area contributed by atoms with Crippen LogP contribution in [0.1, 0.15) is 37.4 Å². The first kappa shape index (κ1) is 12.1. The number of hydrogen-bond acceptors (Lipinski definition) is 2. The van der Waals surface area contributed by atoms with Gasteiger partial charge in [0.05, 0.1) is 0 Å². The van der Waals surface area contributed by atoms with Crippen LogP contribution in [0.3, 0.4) is 0 Å². The number of aromatic amines is 1. The lowest BCUT2D eigenvalue weighted by Crippen LogP contribution is -2.39. The molecule has 1 unspecified atom stereocenters. The Kier molecular flexibility index (Phi) is 2.10. The van der Waals surface area contributed by atoms with Gasteiger partial charge in [0.25, 0.3) is 0 Å². The third-order valence-corrected chi connectivity index (χ3v) is 6.52. The zero-order valence-corrected chi connectivity index (χ0v) is 12.7. The van der Waals surface area contributed by atoms with Crippen LogP contribution in [0.4, 0.5) is 0 Å². The molecule has 5 rings (SSSR count). The molecule has 21 heavy (non-hydrogen) atoms. The van der Waals surface area contributed by atoms with Gasteiger partial charge in [-0.2, -0.15) is 0 Å². The van der Waals surface area contributed by atoms with E-state index in [1.807, 2.05) is 12.1 Å². The van der Waals surface area contributed by atoms with E-state index in [9.17, 15) is 5.11 Å². The number of aromatic nitrogens is 1. The standard InChI is InChI=1S/C18H22N2O/c1-18(2)10-7-14-16-12(5-6-20(9-10)17(14)18)13-8-11(21)3-4-15(13)19-16/h3-4,8,10,14,17,19,21H,5-7,9H2,1-2H3/t10-,14?,17-/m1/s1. The van der Waals surface area contributed by atoms with Crippen LogP contribution in [0.5, 0.6) is 5.75 Å². The monoisotopic (exact) mass is 282 g/mol. The van der Waals surface area contributed by atoms with Gasteiger partial charge < -0.3 is 10.1 Å². The Hall–Kier alpha value is -1.48. The molecule has 3 heterocycles. The highest BCUT2D eigenvalue weighted by Crippen LogP contribution is 2.59. The molecule has 0 radical (unpaired) electrons. The van der Waals surface area contributed by atoms with E-state index in [0.717, 1.165) is 18.9 Å². The van der Waals surface area contributed by atoms with Crippen molar-refractivity contribution in [2.45, 2.75) is 38.6 Å². The second-order valence-corrected chi connectivity index (χ2v) is 7.80. The van der Waals surface area contributed by atoms with E-state index in [2.05, 4.69) is 23.7 Å². The molecule has 3 atom stereocenters. The van der Waals surface area contributed by atoms with Crippen LogP contribution in [0.15, 0.2) is 18.2 Å². The Balaban J connectivity index is 1.73. The lowest BCUT2D eigenvalue weighted by Gasteiger charge is -2.33. The minimum atomic E-state index is 0.376. The average molecular weight is 282 g/mol. The summed E-state index contributed by atoms with van der Waals surface area (Å²) in [7, 11) is 0. The lowest BCUT2D eigenvalue weighted by molar-refractivity contribution is 0.175. The maximum atomic E-state index is 9.83. The van der Waals surface area contributed by atoms with Crippen molar-refractivity contribution in [1.82, 2.24) is 9.88 Å². The summed E-state index contributed by atoms with van der Waals surface area (Å²) in [5, 5.41) is 11.1. The fourth-order valence-corrected chi connectivity index (χ4v) is 5.53. The summed E-state index contributed by atoms with van der Waals surface area (Å²) in [5.41, 5.74) is 4.54. The predicted octanol–water partition coefficient (Wildman–Crippen LogP) is 3.24. The largest absolute Gasteiger partial charge is 0.508 e. The molecule has 3 aliphatic rings. The maximum absolute atomic E-state index is 9.83. The highest BCUT2D eigenvalue weighted by atomic mass is 16.3. The van der Waals surface area contributed by atoms with Gasteiger partial charge in [0, 0.05) is 41.6 Å². The zero-order valence-electron chi connectivity index (χ0n) is 12.7. The highest BCUT2D eigenvalue weighted by Gasteiger charge is 2.58. The number of phenols is 1. The Morgan fingerprint density at radius 1 is 1.33 bits per heavy atom. The molecule has 2 N–H and O–H groups in total.